The monoisotopic (exact) mass is 334 g/mol. The molecule has 0 atom stereocenters. The first kappa shape index (κ1) is 18.1. The van der Waals surface area contributed by atoms with Crippen molar-refractivity contribution in [3.05, 3.63) is 23.8 Å². The fraction of sp³-hybridized carbons (Fsp3) is 0.556. The first-order valence-corrected chi connectivity index (χ1v) is 8.39. The molecule has 0 saturated carbocycles. The van der Waals surface area contributed by atoms with Gasteiger partial charge in [0, 0.05) is 31.6 Å². The zero-order valence-corrected chi connectivity index (χ0v) is 14.6. The van der Waals surface area contributed by atoms with Crippen LogP contribution in [0, 0.1) is 5.92 Å². The van der Waals surface area contributed by atoms with Crippen LogP contribution in [0.4, 0.5) is 0 Å². The first-order valence-electron chi connectivity index (χ1n) is 8.39. The molecule has 2 rings (SSSR count). The second-order valence-electron chi connectivity index (χ2n) is 5.92. The number of likely N-dealkylation sites (tertiary alicyclic amines) is 1. The van der Waals surface area contributed by atoms with Gasteiger partial charge in [-0.05, 0) is 31.4 Å². The summed E-state index contributed by atoms with van der Waals surface area (Å²) in [5, 5.41) is 2.93. The third kappa shape index (κ3) is 4.19. The largest absolute Gasteiger partial charge is 0.497 e. The van der Waals surface area contributed by atoms with Crippen molar-refractivity contribution < 1.29 is 19.1 Å². The SMILES string of the molecule is CCCNC(=O)C1CCN(C(=O)c2ccc(OC)cc2OC)CC1. The maximum absolute atomic E-state index is 12.7. The fourth-order valence-corrected chi connectivity index (χ4v) is 2.88. The summed E-state index contributed by atoms with van der Waals surface area (Å²) in [4.78, 5) is 26.5. The number of amides is 2. The Kier molecular flexibility index (Phi) is 6.46. The van der Waals surface area contributed by atoms with Crippen molar-refractivity contribution in [2.24, 2.45) is 5.92 Å². The van der Waals surface area contributed by atoms with Gasteiger partial charge >= 0.3 is 0 Å². The van der Waals surface area contributed by atoms with Gasteiger partial charge in [-0.1, -0.05) is 6.92 Å². The Morgan fingerprint density at radius 1 is 1.21 bits per heavy atom. The van der Waals surface area contributed by atoms with E-state index >= 15 is 0 Å². The summed E-state index contributed by atoms with van der Waals surface area (Å²) in [6.45, 7) is 3.90. The number of ether oxygens (including phenoxy) is 2. The highest BCUT2D eigenvalue weighted by molar-refractivity contribution is 5.97. The van der Waals surface area contributed by atoms with Crippen molar-refractivity contribution in [1.82, 2.24) is 10.2 Å². The molecule has 1 aromatic carbocycles. The van der Waals surface area contributed by atoms with E-state index in [0.717, 1.165) is 6.42 Å². The first-order chi connectivity index (χ1) is 11.6. The minimum Gasteiger partial charge on any atom is -0.497 e. The van der Waals surface area contributed by atoms with Crippen LogP contribution in [-0.4, -0.2) is 50.6 Å². The Morgan fingerprint density at radius 2 is 1.92 bits per heavy atom. The average Bonchev–Trinajstić information content (AvgIpc) is 2.65. The number of methoxy groups -OCH3 is 2. The summed E-state index contributed by atoms with van der Waals surface area (Å²) < 4.78 is 10.5. The highest BCUT2D eigenvalue weighted by Crippen LogP contribution is 2.27. The van der Waals surface area contributed by atoms with Gasteiger partial charge in [-0.2, -0.15) is 0 Å². The van der Waals surface area contributed by atoms with Gasteiger partial charge < -0.3 is 19.7 Å². The molecule has 2 amide bonds. The van der Waals surface area contributed by atoms with Crippen molar-refractivity contribution in [3.8, 4) is 11.5 Å². The predicted octanol–water partition coefficient (Wildman–Crippen LogP) is 2.08. The molecular weight excluding hydrogens is 308 g/mol. The maximum atomic E-state index is 12.7. The number of hydrogen-bond acceptors (Lipinski definition) is 4. The van der Waals surface area contributed by atoms with Gasteiger partial charge in [0.25, 0.3) is 5.91 Å². The van der Waals surface area contributed by atoms with E-state index in [-0.39, 0.29) is 17.7 Å². The van der Waals surface area contributed by atoms with E-state index in [9.17, 15) is 9.59 Å². The molecular formula is C18H26N2O4. The van der Waals surface area contributed by atoms with Gasteiger partial charge in [0.1, 0.15) is 11.5 Å². The van der Waals surface area contributed by atoms with Crippen LogP contribution in [0.25, 0.3) is 0 Å². The minimum absolute atomic E-state index is 0.00152. The molecule has 1 aromatic rings. The number of hydrogen-bond donors (Lipinski definition) is 1. The van der Waals surface area contributed by atoms with Gasteiger partial charge in [-0.25, -0.2) is 0 Å². The van der Waals surface area contributed by atoms with Gasteiger partial charge in [0.15, 0.2) is 0 Å². The van der Waals surface area contributed by atoms with E-state index in [1.54, 1.807) is 30.2 Å². The molecule has 1 N–H and O–H groups in total. The Hall–Kier alpha value is -2.24. The molecule has 1 fully saturated rings. The highest BCUT2D eigenvalue weighted by Gasteiger charge is 2.28. The normalized spacial score (nSPS) is 15.0. The standard InChI is InChI=1S/C18H26N2O4/c1-4-9-19-17(21)13-7-10-20(11-8-13)18(22)15-6-5-14(23-2)12-16(15)24-3/h5-6,12-13H,4,7-11H2,1-3H3,(H,19,21). The summed E-state index contributed by atoms with van der Waals surface area (Å²) in [5.41, 5.74) is 0.521. The third-order valence-electron chi connectivity index (χ3n) is 4.34. The third-order valence-corrected chi connectivity index (χ3v) is 4.34. The molecule has 24 heavy (non-hydrogen) atoms. The number of nitrogens with zero attached hydrogens (tertiary/aromatic N) is 1. The van der Waals surface area contributed by atoms with Crippen LogP contribution in [0.1, 0.15) is 36.5 Å². The molecule has 0 bridgehead atoms. The second-order valence-corrected chi connectivity index (χ2v) is 5.92. The minimum atomic E-state index is -0.0677. The van der Waals surface area contributed by atoms with Crippen LogP contribution in [0.5, 0.6) is 11.5 Å². The van der Waals surface area contributed by atoms with Gasteiger partial charge in [0.2, 0.25) is 5.91 Å². The van der Waals surface area contributed by atoms with Crippen LogP contribution < -0.4 is 14.8 Å². The van der Waals surface area contributed by atoms with E-state index in [4.69, 9.17) is 9.47 Å². The molecule has 1 aliphatic heterocycles. The smallest absolute Gasteiger partial charge is 0.257 e. The summed E-state index contributed by atoms with van der Waals surface area (Å²) >= 11 is 0. The lowest BCUT2D eigenvalue weighted by molar-refractivity contribution is -0.126. The van der Waals surface area contributed by atoms with E-state index in [2.05, 4.69) is 5.32 Å². The van der Waals surface area contributed by atoms with Crippen molar-refractivity contribution >= 4 is 11.8 Å². The number of piperidine rings is 1. The van der Waals surface area contributed by atoms with Crippen molar-refractivity contribution in [3.63, 3.8) is 0 Å². The molecule has 0 unspecified atom stereocenters. The van der Waals surface area contributed by atoms with Crippen LogP contribution in [0.3, 0.4) is 0 Å². The number of benzene rings is 1. The lowest BCUT2D eigenvalue weighted by atomic mass is 9.95. The maximum Gasteiger partial charge on any atom is 0.257 e. The second kappa shape index (κ2) is 8.57. The molecule has 1 heterocycles. The number of nitrogens with one attached hydrogen (secondary N) is 1. The Morgan fingerprint density at radius 3 is 2.50 bits per heavy atom. The predicted molar refractivity (Wildman–Crippen MR) is 91.5 cm³/mol. The molecule has 6 nitrogen and oxygen atoms in total. The summed E-state index contributed by atoms with van der Waals surface area (Å²) in [7, 11) is 3.11. The summed E-state index contributed by atoms with van der Waals surface area (Å²) in [6.07, 6.45) is 2.32. The zero-order valence-electron chi connectivity index (χ0n) is 14.6. The van der Waals surface area contributed by atoms with Crippen molar-refractivity contribution in [2.45, 2.75) is 26.2 Å². The Labute approximate surface area is 143 Å². The Balaban J connectivity index is 1.99. The van der Waals surface area contributed by atoms with Gasteiger partial charge in [-0.15, -0.1) is 0 Å². The van der Waals surface area contributed by atoms with Crippen LogP contribution in [0.2, 0.25) is 0 Å². The molecule has 6 heteroatoms. The molecule has 132 valence electrons. The van der Waals surface area contributed by atoms with E-state index in [0.29, 0.717) is 49.5 Å². The number of carbonyl (C=O) groups excluding carboxylic acids is 2. The lowest BCUT2D eigenvalue weighted by Gasteiger charge is -2.31. The topological polar surface area (TPSA) is 67.9 Å². The van der Waals surface area contributed by atoms with Crippen molar-refractivity contribution in [1.29, 1.82) is 0 Å². The molecule has 1 saturated heterocycles. The molecule has 1 aliphatic rings. The van der Waals surface area contributed by atoms with Crippen LogP contribution in [-0.2, 0) is 4.79 Å². The molecule has 0 aliphatic carbocycles. The lowest BCUT2D eigenvalue weighted by Crippen LogP contribution is -2.43. The zero-order chi connectivity index (χ0) is 17.5. The quantitative estimate of drug-likeness (QED) is 0.865. The molecule has 0 spiro atoms. The highest BCUT2D eigenvalue weighted by atomic mass is 16.5. The number of carbonyl (C=O) groups is 2. The molecule has 0 radical (unpaired) electrons. The average molecular weight is 334 g/mol. The molecule has 0 aromatic heterocycles. The van der Waals surface area contributed by atoms with Gasteiger partial charge in [0.05, 0.1) is 19.8 Å². The van der Waals surface area contributed by atoms with Crippen LogP contribution in [0.15, 0.2) is 18.2 Å². The number of rotatable bonds is 6. The summed E-state index contributed by atoms with van der Waals surface area (Å²) in [5.74, 6) is 1.18. The Bertz CT molecular complexity index is 580. The fourth-order valence-electron chi connectivity index (χ4n) is 2.88. The van der Waals surface area contributed by atoms with E-state index in [1.165, 1.54) is 7.11 Å². The van der Waals surface area contributed by atoms with E-state index < -0.39 is 0 Å². The summed E-state index contributed by atoms with van der Waals surface area (Å²) in [6, 6.07) is 5.18. The van der Waals surface area contributed by atoms with Gasteiger partial charge in [-0.3, -0.25) is 9.59 Å². The van der Waals surface area contributed by atoms with Crippen molar-refractivity contribution in [2.75, 3.05) is 33.9 Å². The van der Waals surface area contributed by atoms with E-state index in [1.807, 2.05) is 6.92 Å². The van der Waals surface area contributed by atoms with Crippen LogP contribution >= 0.6 is 0 Å².